The molecule has 0 aliphatic rings. The maximum Gasteiger partial charge on any atom is 0.211 e. The fourth-order valence-electron chi connectivity index (χ4n) is 1.97. The van der Waals surface area contributed by atoms with Crippen molar-refractivity contribution in [3.63, 3.8) is 0 Å². The zero-order valence-electron chi connectivity index (χ0n) is 11.4. The van der Waals surface area contributed by atoms with Crippen LogP contribution >= 0.6 is 11.3 Å². The number of thiazole rings is 1. The Kier molecular flexibility index (Phi) is 3.63. The van der Waals surface area contributed by atoms with Gasteiger partial charge in [-0.05, 0) is 29.8 Å². The lowest BCUT2D eigenvalue weighted by atomic mass is 10.2. The Balaban J connectivity index is 1.91. The third-order valence-electron chi connectivity index (χ3n) is 3.10. The molecule has 0 radical (unpaired) electrons. The minimum atomic E-state index is 0.639. The first-order chi connectivity index (χ1) is 10.3. The molecule has 1 aromatic heterocycles. The molecule has 0 aliphatic carbocycles. The summed E-state index contributed by atoms with van der Waals surface area (Å²) in [6, 6.07) is 17.5. The number of para-hydroxylation sites is 1. The Bertz CT molecular complexity index is 908. The van der Waals surface area contributed by atoms with Gasteiger partial charge in [0.25, 0.3) is 0 Å². The number of nitrogens with zero attached hydrogens (tertiary/aromatic N) is 4. The van der Waals surface area contributed by atoms with Gasteiger partial charge in [0.05, 0.1) is 28.1 Å². The second-order valence-electron chi connectivity index (χ2n) is 4.49. The zero-order valence-corrected chi connectivity index (χ0v) is 12.2. The summed E-state index contributed by atoms with van der Waals surface area (Å²) in [7, 11) is 1.98. The number of hydrogen-bond donors (Lipinski definition) is 0. The van der Waals surface area contributed by atoms with Crippen molar-refractivity contribution >= 4 is 27.8 Å². The van der Waals surface area contributed by atoms with Crippen LogP contribution in [-0.2, 0) is 7.05 Å². The molecule has 0 unspecified atom stereocenters. The fourth-order valence-corrected chi connectivity index (χ4v) is 2.94. The summed E-state index contributed by atoms with van der Waals surface area (Å²) in [4.78, 5) is 0.848. The van der Waals surface area contributed by atoms with Crippen LogP contribution in [0.25, 0.3) is 10.2 Å². The molecule has 3 rings (SSSR count). The Morgan fingerprint density at radius 2 is 1.90 bits per heavy atom. The number of aromatic nitrogens is 1. The molecule has 0 saturated carbocycles. The minimum absolute atomic E-state index is 0.639. The Morgan fingerprint density at radius 1 is 1.14 bits per heavy atom. The number of benzene rings is 2. The first-order valence-electron chi connectivity index (χ1n) is 6.40. The third kappa shape index (κ3) is 2.76. The molecule has 0 aliphatic heterocycles. The van der Waals surface area contributed by atoms with Crippen LogP contribution in [0.15, 0.2) is 58.7 Å². The van der Waals surface area contributed by atoms with Gasteiger partial charge in [-0.1, -0.05) is 35.6 Å². The average Bonchev–Trinajstić information content (AvgIpc) is 2.85. The third-order valence-corrected chi connectivity index (χ3v) is 4.21. The molecule has 5 heteroatoms. The van der Waals surface area contributed by atoms with Gasteiger partial charge in [-0.3, -0.25) is 0 Å². The Hall–Kier alpha value is -2.71. The summed E-state index contributed by atoms with van der Waals surface area (Å²) in [5.74, 6) is 0. The van der Waals surface area contributed by atoms with E-state index in [-0.39, 0.29) is 0 Å². The van der Waals surface area contributed by atoms with E-state index in [4.69, 9.17) is 5.26 Å². The van der Waals surface area contributed by atoms with Crippen LogP contribution in [0.2, 0.25) is 0 Å². The molecule has 0 saturated heterocycles. The molecule has 0 fully saturated rings. The van der Waals surface area contributed by atoms with Crippen LogP contribution in [-0.4, -0.2) is 10.8 Å². The van der Waals surface area contributed by atoms with E-state index in [1.165, 1.54) is 4.70 Å². The lowest BCUT2D eigenvalue weighted by molar-refractivity contribution is 0.889. The molecule has 4 nitrogen and oxygen atoms in total. The second-order valence-corrected chi connectivity index (χ2v) is 5.50. The normalized spacial score (nSPS) is 12.1. The van der Waals surface area contributed by atoms with E-state index in [1.54, 1.807) is 29.7 Å². The molecule has 102 valence electrons. The number of hydrogen-bond acceptors (Lipinski definition) is 4. The van der Waals surface area contributed by atoms with E-state index in [2.05, 4.69) is 28.4 Å². The minimum Gasteiger partial charge on any atom is -0.318 e. The van der Waals surface area contributed by atoms with Crippen LogP contribution in [0.4, 0.5) is 0 Å². The summed E-state index contributed by atoms with van der Waals surface area (Å²) < 4.78 is 3.21. The highest BCUT2D eigenvalue weighted by Gasteiger charge is 2.00. The standard InChI is InChI=1S/C16H12N4S/c1-20-14-4-2-3-5-15(14)21-16(20)19-18-11-13-8-6-12(10-17)7-9-13/h2-9,11H,1H3/b18-11+,19-16-. The number of rotatable bonds is 2. The van der Waals surface area contributed by atoms with Gasteiger partial charge >= 0.3 is 0 Å². The highest BCUT2D eigenvalue weighted by molar-refractivity contribution is 7.16. The first-order valence-corrected chi connectivity index (χ1v) is 7.21. The maximum atomic E-state index is 8.75. The quantitative estimate of drug-likeness (QED) is 0.529. The summed E-state index contributed by atoms with van der Waals surface area (Å²) >= 11 is 1.60. The summed E-state index contributed by atoms with van der Waals surface area (Å²) in [5.41, 5.74) is 2.70. The number of fused-ring (bicyclic) bond motifs is 1. The van der Waals surface area contributed by atoms with Crippen molar-refractivity contribution in [3.8, 4) is 6.07 Å². The van der Waals surface area contributed by atoms with E-state index >= 15 is 0 Å². The van der Waals surface area contributed by atoms with Gasteiger partial charge in [0, 0.05) is 7.05 Å². The molecule has 0 bridgehead atoms. The Labute approximate surface area is 125 Å². The largest absolute Gasteiger partial charge is 0.318 e. The lowest BCUT2D eigenvalue weighted by Crippen LogP contribution is -2.08. The molecular weight excluding hydrogens is 280 g/mol. The molecule has 0 amide bonds. The average molecular weight is 292 g/mol. The summed E-state index contributed by atoms with van der Waals surface area (Å²) in [5, 5.41) is 17.1. The van der Waals surface area contributed by atoms with Crippen LogP contribution in [0.5, 0.6) is 0 Å². The summed E-state index contributed by atoms with van der Waals surface area (Å²) in [6.45, 7) is 0. The molecule has 1 heterocycles. The van der Waals surface area contributed by atoms with Crippen molar-refractivity contribution in [2.45, 2.75) is 0 Å². The zero-order chi connectivity index (χ0) is 14.7. The molecular formula is C16H12N4S. The second kappa shape index (κ2) is 5.73. The van der Waals surface area contributed by atoms with Gasteiger partial charge in [0.15, 0.2) is 0 Å². The van der Waals surface area contributed by atoms with Crippen LogP contribution in [0.3, 0.4) is 0 Å². The predicted molar refractivity (Wildman–Crippen MR) is 85.1 cm³/mol. The summed E-state index contributed by atoms with van der Waals surface area (Å²) in [6.07, 6.45) is 1.69. The van der Waals surface area contributed by atoms with Gasteiger partial charge in [-0.2, -0.15) is 10.4 Å². The van der Waals surface area contributed by atoms with Crippen LogP contribution in [0, 0.1) is 11.3 Å². The van der Waals surface area contributed by atoms with E-state index in [0.717, 1.165) is 15.9 Å². The van der Waals surface area contributed by atoms with E-state index in [0.29, 0.717) is 5.56 Å². The molecule has 0 atom stereocenters. The van der Waals surface area contributed by atoms with Crippen molar-refractivity contribution < 1.29 is 0 Å². The number of aryl methyl sites for hydroxylation is 1. The lowest BCUT2D eigenvalue weighted by Gasteiger charge is -1.93. The van der Waals surface area contributed by atoms with Crippen molar-refractivity contribution in [2.75, 3.05) is 0 Å². The van der Waals surface area contributed by atoms with Crippen LogP contribution in [0.1, 0.15) is 11.1 Å². The molecule has 0 N–H and O–H groups in total. The first kappa shape index (κ1) is 13.3. The van der Waals surface area contributed by atoms with Gasteiger partial charge in [0.2, 0.25) is 4.80 Å². The van der Waals surface area contributed by atoms with Gasteiger partial charge in [0.1, 0.15) is 0 Å². The van der Waals surface area contributed by atoms with E-state index < -0.39 is 0 Å². The SMILES string of the molecule is Cn1/c(=N/N=C/c2ccc(C#N)cc2)sc2ccccc21. The van der Waals surface area contributed by atoms with Crippen molar-refractivity contribution in [1.29, 1.82) is 5.26 Å². The maximum absolute atomic E-state index is 8.75. The molecule has 3 aromatic rings. The topological polar surface area (TPSA) is 53.4 Å². The highest BCUT2D eigenvalue weighted by atomic mass is 32.1. The fraction of sp³-hybridized carbons (Fsp3) is 0.0625. The highest BCUT2D eigenvalue weighted by Crippen LogP contribution is 2.15. The molecule has 2 aromatic carbocycles. The van der Waals surface area contributed by atoms with E-state index in [1.807, 2.05) is 35.9 Å². The van der Waals surface area contributed by atoms with E-state index in [9.17, 15) is 0 Å². The van der Waals surface area contributed by atoms with Crippen molar-refractivity contribution in [1.82, 2.24) is 4.57 Å². The van der Waals surface area contributed by atoms with Gasteiger partial charge < -0.3 is 4.57 Å². The molecule has 0 spiro atoms. The van der Waals surface area contributed by atoms with Crippen LogP contribution < -0.4 is 4.80 Å². The van der Waals surface area contributed by atoms with Crippen molar-refractivity contribution in [3.05, 3.63) is 64.5 Å². The smallest absolute Gasteiger partial charge is 0.211 e. The van der Waals surface area contributed by atoms with Crippen molar-refractivity contribution in [2.24, 2.45) is 17.3 Å². The Morgan fingerprint density at radius 3 is 2.62 bits per heavy atom. The monoisotopic (exact) mass is 292 g/mol. The predicted octanol–water partition coefficient (Wildman–Crippen LogP) is 3.05. The van der Waals surface area contributed by atoms with Gasteiger partial charge in [-0.25, -0.2) is 0 Å². The van der Waals surface area contributed by atoms with Gasteiger partial charge in [-0.15, -0.1) is 5.10 Å². The molecule has 21 heavy (non-hydrogen) atoms. The number of nitriles is 1.